The predicted molar refractivity (Wildman–Crippen MR) is 121 cm³/mol. The third kappa shape index (κ3) is 5.51. The van der Waals surface area contributed by atoms with Gasteiger partial charge < -0.3 is 19.9 Å². The Morgan fingerprint density at radius 1 is 0.935 bits per heavy atom. The predicted octanol–water partition coefficient (Wildman–Crippen LogP) is 3.13. The molecule has 0 bridgehead atoms. The number of methoxy groups -OCH3 is 1. The molecule has 2 aromatic rings. The number of ketones is 1. The van der Waals surface area contributed by atoms with E-state index in [1.165, 1.54) is 13.0 Å². The van der Waals surface area contributed by atoms with Crippen molar-refractivity contribution in [2.75, 3.05) is 43.5 Å². The lowest BCUT2D eigenvalue weighted by atomic mass is 10.1. The van der Waals surface area contributed by atoms with Crippen molar-refractivity contribution in [1.29, 1.82) is 0 Å². The molecule has 0 radical (unpaired) electrons. The number of carbonyl (C=O) groups is 3. The molecule has 0 unspecified atom stereocenters. The quantitative estimate of drug-likeness (QED) is 0.573. The van der Waals surface area contributed by atoms with Crippen LogP contribution in [-0.4, -0.2) is 55.8 Å². The highest BCUT2D eigenvalue weighted by Crippen LogP contribution is 2.28. The van der Waals surface area contributed by atoms with Gasteiger partial charge in [0.25, 0.3) is 5.91 Å². The average molecular weight is 421 g/mol. The first kappa shape index (κ1) is 22.1. The number of nitrogens with zero attached hydrogens (tertiary/aromatic N) is 2. The first-order valence-corrected chi connectivity index (χ1v) is 10.2. The Morgan fingerprint density at radius 2 is 1.58 bits per heavy atom. The minimum absolute atomic E-state index is 0.0367. The zero-order valence-electron chi connectivity index (χ0n) is 18.1. The van der Waals surface area contributed by atoms with Crippen LogP contribution in [0.5, 0.6) is 5.75 Å². The van der Waals surface area contributed by atoms with E-state index in [2.05, 4.69) is 10.2 Å². The van der Waals surface area contributed by atoms with Gasteiger partial charge in [0.1, 0.15) is 5.75 Å². The maximum absolute atomic E-state index is 12.6. The molecule has 2 aromatic carbocycles. The molecule has 1 fully saturated rings. The highest BCUT2D eigenvalue weighted by atomic mass is 16.5. The van der Waals surface area contributed by atoms with Crippen molar-refractivity contribution in [2.45, 2.75) is 13.8 Å². The lowest BCUT2D eigenvalue weighted by Gasteiger charge is -2.36. The van der Waals surface area contributed by atoms with Gasteiger partial charge in [0.05, 0.1) is 12.8 Å². The van der Waals surface area contributed by atoms with Crippen molar-refractivity contribution in [3.8, 4) is 5.75 Å². The van der Waals surface area contributed by atoms with E-state index in [0.717, 1.165) is 11.4 Å². The number of piperazine rings is 1. The lowest BCUT2D eigenvalue weighted by molar-refractivity contribution is -0.126. The largest absolute Gasteiger partial charge is 0.495 e. The molecule has 1 N–H and O–H groups in total. The summed E-state index contributed by atoms with van der Waals surface area (Å²) < 4.78 is 5.43. The van der Waals surface area contributed by atoms with Gasteiger partial charge in [-0.1, -0.05) is 12.1 Å². The minimum atomic E-state index is -0.350. The highest BCUT2D eigenvalue weighted by Gasteiger charge is 2.22. The molecule has 1 heterocycles. The molecule has 1 aliphatic heterocycles. The Kier molecular flexibility index (Phi) is 7.07. The minimum Gasteiger partial charge on any atom is -0.495 e. The Labute approximate surface area is 182 Å². The maximum atomic E-state index is 12.6. The van der Waals surface area contributed by atoms with Gasteiger partial charge in [0.15, 0.2) is 5.78 Å². The Hall–Kier alpha value is -3.61. The molecule has 0 spiro atoms. The van der Waals surface area contributed by atoms with Crippen molar-refractivity contribution in [2.24, 2.45) is 0 Å². The molecule has 2 amide bonds. The second-order valence-electron chi connectivity index (χ2n) is 7.40. The van der Waals surface area contributed by atoms with Crippen LogP contribution in [-0.2, 0) is 9.59 Å². The number of nitrogens with one attached hydrogen (secondary N) is 1. The molecule has 7 nitrogen and oxygen atoms in total. The Morgan fingerprint density at radius 3 is 2.19 bits per heavy atom. The summed E-state index contributed by atoms with van der Waals surface area (Å²) >= 11 is 0. The van der Waals surface area contributed by atoms with E-state index in [-0.39, 0.29) is 17.6 Å². The Bertz CT molecular complexity index is 990. The van der Waals surface area contributed by atoms with E-state index in [1.807, 2.05) is 24.3 Å². The van der Waals surface area contributed by atoms with E-state index in [1.54, 1.807) is 43.2 Å². The zero-order chi connectivity index (χ0) is 22.4. The van der Waals surface area contributed by atoms with E-state index in [0.29, 0.717) is 43.0 Å². The van der Waals surface area contributed by atoms with Gasteiger partial charge in [-0.25, -0.2) is 0 Å². The number of rotatable bonds is 6. The molecule has 7 heteroatoms. The van der Waals surface area contributed by atoms with Gasteiger partial charge in [0, 0.05) is 49.1 Å². The van der Waals surface area contributed by atoms with Gasteiger partial charge in [-0.15, -0.1) is 0 Å². The molecule has 1 aliphatic rings. The monoisotopic (exact) mass is 421 g/mol. The molecule has 31 heavy (non-hydrogen) atoms. The maximum Gasteiger partial charge on any atom is 0.251 e. The van der Waals surface area contributed by atoms with E-state index in [4.69, 9.17) is 4.74 Å². The van der Waals surface area contributed by atoms with E-state index < -0.39 is 0 Å². The second kappa shape index (κ2) is 9.93. The number of ether oxygens (including phenoxy) is 1. The van der Waals surface area contributed by atoms with Crippen LogP contribution in [0.15, 0.2) is 60.2 Å². The van der Waals surface area contributed by atoms with Gasteiger partial charge in [-0.3, -0.25) is 14.4 Å². The topological polar surface area (TPSA) is 79.0 Å². The number of carbonyl (C=O) groups excluding carboxylic acids is 3. The van der Waals surface area contributed by atoms with Crippen LogP contribution < -0.4 is 15.0 Å². The number of benzene rings is 2. The van der Waals surface area contributed by atoms with Crippen molar-refractivity contribution in [3.05, 3.63) is 65.7 Å². The third-order valence-electron chi connectivity index (χ3n) is 5.26. The summed E-state index contributed by atoms with van der Waals surface area (Å²) in [4.78, 5) is 40.3. The lowest BCUT2D eigenvalue weighted by Crippen LogP contribution is -2.48. The first-order chi connectivity index (χ1) is 14.9. The number of hydrogen-bond donors (Lipinski definition) is 1. The number of anilines is 2. The first-order valence-electron chi connectivity index (χ1n) is 10.2. The average Bonchev–Trinajstić information content (AvgIpc) is 2.79. The zero-order valence-corrected chi connectivity index (χ0v) is 18.1. The van der Waals surface area contributed by atoms with Crippen molar-refractivity contribution in [3.63, 3.8) is 0 Å². The molecule has 1 saturated heterocycles. The van der Waals surface area contributed by atoms with Gasteiger partial charge >= 0.3 is 0 Å². The molecular weight excluding hydrogens is 394 g/mol. The van der Waals surface area contributed by atoms with Gasteiger partial charge in [-0.05, 0) is 50.2 Å². The summed E-state index contributed by atoms with van der Waals surface area (Å²) in [6.07, 6.45) is 1.37. The molecule has 0 atom stereocenters. The third-order valence-corrected chi connectivity index (χ3v) is 5.26. The molecule has 0 saturated carbocycles. The summed E-state index contributed by atoms with van der Waals surface area (Å²) in [7, 11) is 1.65. The van der Waals surface area contributed by atoms with Crippen LogP contribution in [0.3, 0.4) is 0 Å². The molecule has 0 aliphatic carbocycles. The van der Waals surface area contributed by atoms with Crippen LogP contribution in [0.1, 0.15) is 24.2 Å². The highest BCUT2D eigenvalue weighted by molar-refractivity contribution is 6.07. The van der Waals surface area contributed by atoms with Crippen molar-refractivity contribution in [1.82, 2.24) is 4.90 Å². The summed E-state index contributed by atoms with van der Waals surface area (Å²) in [6, 6.07) is 14.5. The number of amides is 2. The van der Waals surface area contributed by atoms with Crippen LogP contribution in [0.25, 0.3) is 0 Å². The van der Waals surface area contributed by atoms with E-state index >= 15 is 0 Å². The number of para-hydroxylation sites is 2. The molecule has 162 valence electrons. The SMILES string of the molecule is COc1ccccc1N1CCN(C(=O)/C=C(/C)C(=O)Nc2ccc(C(C)=O)cc2)CC1. The summed E-state index contributed by atoms with van der Waals surface area (Å²) in [6.45, 7) is 5.61. The number of hydrogen-bond acceptors (Lipinski definition) is 5. The smallest absolute Gasteiger partial charge is 0.251 e. The van der Waals surface area contributed by atoms with Crippen LogP contribution in [0.4, 0.5) is 11.4 Å². The van der Waals surface area contributed by atoms with Crippen LogP contribution in [0, 0.1) is 0 Å². The fraction of sp³-hybridized carbons (Fsp3) is 0.292. The normalized spacial score (nSPS) is 14.2. The molecular formula is C24H27N3O4. The Balaban J connectivity index is 1.56. The van der Waals surface area contributed by atoms with Gasteiger partial charge in [0.2, 0.25) is 5.91 Å². The second-order valence-corrected chi connectivity index (χ2v) is 7.40. The molecule has 0 aromatic heterocycles. The van der Waals surface area contributed by atoms with Crippen molar-refractivity contribution >= 4 is 29.0 Å². The van der Waals surface area contributed by atoms with Crippen LogP contribution >= 0.6 is 0 Å². The summed E-state index contributed by atoms with van der Waals surface area (Å²) in [5.74, 6) is 0.243. The number of Topliss-reactive ketones (excluding diaryl/α,β-unsaturated/α-hetero) is 1. The fourth-order valence-electron chi connectivity index (χ4n) is 3.42. The summed E-state index contributed by atoms with van der Waals surface area (Å²) in [5.41, 5.74) is 2.49. The summed E-state index contributed by atoms with van der Waals surface area (Å²) in [5, 5.41) is 2.75. The van der Waals surface area contributed by atoms with Crippen LogP contribution in [0.2, 0.25) is 0 Å². The van der Waals surface area contributed by atoms with E-state index in [9.17, 15) is 14.4 Å². The van der Waals surface area contributed by atoms with Crippen molar-refractivity contribution < 1.29 is 19.1 Å². The van der Waals surface area contributed by atoms with Gasteiger partial charge in [-0.2, -0.15) is 0 Å². The fourth-order valence-corrected chi connectivity index (χ4v) is 3.42. The standard InChI is InChI=1S/C24H27N3O4/c1-17(24(30)25-20-10-8-19(9-11-20)18(2)28)16-23(29)27-14-12-26(13-15-27)21-6-4-5-7-22(21)31-3/h4-11,16H,12-15H2,1-3H3,(H,25,30)/b17-16-. The molecule has 3 rings (SSSR count).